The number of nitro groups is 1. The van der Waals surface area contributed by atoms with Crippen LogP contribution < -0.4 is 0 Å². The van der Waals surface area contributed by atoms with E-state index in [0.717, 1.165) is 11.1 Å². The Labute approximate surface area is 228 Å². The molecule has 0 saturated carbocycles. The lowest BCUT2D eigenvalue weighted by Crippen LogP contribution is -2.42. The first-order valence-electron chi connectivity index (χ1n) is 12.9. The maximum atomic E-state index is 11.0. The van der Waals surface area contributed by atoms with Crippen molar-refractivity contribution in [3.05, 3.63) is 51.1 Å². The maximum Gasteiger partial charge on any atom is 0.269 e. The van der Waals surface area contributed by atoms with Gasteiger partial charge in [0.2, 0.25) is 0 Å². The topological polar surface area (TPSA) is 61.6 Å². The van der Waals surface area contributed by atoms with Crippen molar-refractivity contribution in [2.75, 3.05) is 13.2 Å². The largest absolute Gasteiger partial charge is 0.412 e. The van der Waals surface area contributed by atoms with Gasteiger partial charge in [0.05, 0.1) is 18.1 Å². The Kier molecular flexibility index (Phi) is 11.0. The van der Waals surface area contributed by atoms with Gasteiger partial charge in [-0.25, -0.2) is 0 Å². The SMILES string of the molecule is CC(C)(C)[Si](C)(C)OC/C(C#Cc1ccc([N+](=O)[O-])cc1)=C(\C#C[Si](C)(C)C)CO[Si](C)(C)C(C)(C)C. The van der Waals surface area contributed by atoms with E-state index < -0.39 is 29.6 Å². The van der Waals surface area contributed by atoms with Crippen molar-refractivity contribution in [1.82, 2.24) is 0 Å². The predicted molar refractivity (Wildman–Crippen MR) is 164 cm³/mol. The normalized spacial score (nSPS) is 13.6. The van der Waals surface area contributed by atoms with Gasteiger partial charge >= 0.3 is 0 Å². The monoisotopic (exact) mass is 557 g/mol. The van der Waals surface area contributed by atoms with Crippen LogP contribution in [0.3, 0.4) is 0 Å². The molecule has 1 aromatic rings. The highest BCUT2D eigenvalue weighted by molar-refractivity contribution is 6.84. The third kappa shape index (κ3) is 10.7. The zero-order valence-corrected chi connectivity index (χ0v) is 28.3. The van der Waals surface area contributed by atoms with Crippen LogP contribution >= 0.6 is 0 Å². The number of non-ortho nitro benzene ring substituents is 1. The van der Waals surface area contributed by atoms with Crippen LogP contribution in [0.5, 0.6) is 0 Å². The number of benzene rings is 1. The molecule has 0 aliphatic rings. The summed E-state index contributed by atoms with van der Waals surface area (Å²) in [5, 5.41) is 11.2. The average molecular weight is 558 g/mol. The van der Waals surface area contributed by atoms with E-state index in [0.29, 0.717) is 18.8 Å². The molecule has 5 nitrogen and oxygen atoms in total. The van der Waals surface area contributed by atoms with E-state index >= 15 is 0 Å². The molecule has 0 bridgehead atoms. The van der Waals surface area contributed by atoms with Gasteiger partial charge in [-0.05, 0) is 48.4 Å². The van der Waals surface area contributed by atoms with Gasteiger partial charge in [0, 0.05) is 28.8 Å². The van der Waals surface area contributed by atoms with Crippen molar-refractivity contribution in [1.29, 1.82) is 0 Å². The fourth-order valence-corrected chi connectivity index (χ4v) is 4.81. The van der Waals surface area contributed by atoms with E-state index in [1.54, 1.807) is 12.1 Å². The van der Waals surface area contributed by atoms with Gasteiger partial charge in [-0.3, -0.25) is 10.1 Å². The molecule has 1 rings (SSSR count). The standard InChI is InChI=1S/C29H47NO4Si3/c1-28(2,3)36(10,11)33-22-25(17-14-24-15-18-27(19-16-24)30(31)32)26(20-21-35(7,8)9)23-34-37(12,13)29(4,5)6/h15-16,18-19H,22-23H2,1-13H3/b26-25+. The van der Waals surface area contributed by atoms with E-state index in [4.69, 9.17) is 8.85 Å². The van der Waals surface area contributed by atoms with Gasteiger partial charge in [0.15, 0.2) is 16.6 Å². The van der Waals surface area contributed by atoms with Crippen LogP contribution in [-0.4, -0.2) is 42.8 Å². The van der Waals surface area contributed by atoms with E-state index in [2.05, 4.69) is 111 Å². The molecule has 0 fully saturated rings. The molecular formula is C29H47NO4Si3. The van der Waals surface area contributed by atoms with Crippen molar-refractivity contribution in [3.63, 3.8) is 0 Å². The first-order chi connectivity index (χ1) is 16.6. The smallest absolute Gasteiger partial charge is 0.269 e. The van der Waals surface area contributed by atoms with Crippen LogP contribution in [0.4, 0.5) is 5.69 Å². The predicted octanol–water partition coefficient (Wildman–Crippen LogP) is 8.17. The highest BCUT2D eigenvalue weighted by Crippen LogP contribution is 2.38. The van der Waals surface area contributed by atoms with Crippen molar-refractivity contribution in [2.24, 2.45) is 0 Å². The molecule has 0 aromatic heterocycles. The van der Waals surface area contributed by atoms with Crippen LogP contribution in [0.15, 0.2) is 35.4 Å². The molecule has 0 saturated heterocycles. The Morgan fingerprint density at radius 3 is 1.54 bits per heavy atom. The molecule has 0 aliphatic heterocycles. The van der Waals surface area contributed by atoms with Gasteiger partial charge in [-0.2, -0.15) is 0 Å². The Morgan fingerprint density at radius 1 is 0.784 bits per heavy atom. The third-order valence-corrected chi connectivity index (χ3v) is 17.0. The lowest BCUT2D eigenvalue weighted by Gasteiger charge is -2.37. The van der Waals surface area contributed by atoms with Crippen molar-refractivity contribution in [3.8, 4) is 23.3 Å². The Bertz CT molecular complexity index is 1110. The molecule has 0 aliphatic carbocycles. The zero-order chi connectivity index (χ0) is 28.9. The summed E-state index contributed by atoms with van der Waals surface area (Å²) >= 11 is 0. The molecule has 0 amide bonds. The van der Waals surface area contributed by atoms with E-state index in [1.807, 2.05) is 0 Å². The van der Waals surface area contributed by atoms with Gasteiger partial charge in [0.25, 0.3) is 5.69 Å². The minimum atomic E-state index is -2.04. The lowest BCUT2D eigenvalue weighted by molar-refractivity contribution is -0.384. The van der Waals surface area contributed by atoms with Crippen LogP contribution in [-0.2, 0) is 8.85 Å². The molecule has 0 N–H and O–H groups in total. The second-order valence-electron chi connectivity index (χ2n) is 13.6. The fourth-order valence-electron chi connectivity index (χ4n) is 2.41. The highest BCUT2D eigenvalue weighted by Gasteiger charge is 2.38. The van der Waals surface area contributed by atoms with Crippen LogP contribution in [0.25, 0.3) is 0 Å². The molecule has 8 heteroatoms. The van der Waals surface area contributed by atoms with Crippen molar-refractivity contribution in [2.45, 2.75) is 97.4 Å². The summed E-state index contributed by atoms with van der Waals surface area (Å²) < 4.78 is 13.2. The number of hydrogen-bond acceptors (Lipinski definition) is 4. The summed E-state index contributed by atoms with van der Waals surface area (Å²) in [5.74, 6) is 9.97. The third-order valence-electron chi connectivity index (χ3n) is 7.16. The minimum absolute atomic E-state index is 0.0482. The number of hydrogen-bond donors (Lipinski definition) is 0. The summed E-state index contributed by atoms with van der Waals surface area (Å²) in [6.07, 6.45) is 0. The van der Waals surface area contributed by atoms with Crippen LogP contribution in [0, 0.1) is 33.4 Å². The molecule has 204 valence electrons. The van der Waals surface area contributed by atoms with E-state index in [-0.39, 0.29) is 15.8 Å². The molecule has 0 spiro atoms. The quantitative estimate of drug-likeness (QED) is 0.147. The van der Waals surface area contributed by atoms with E-state index in [1.165, 1.54) is 12.1 Å². The molecule has 0 radical (unpaired) electrons. The number of rotatable bonds is 7. The van der Waals surface area contributed by atoms with Crippen molar-refractivity contribution < 1.29 is 13.8 Å². The number of nitro benzene ring substituents is 1. The van der Waals surface area contributed by atoms with Gasteiger partial charge in [-0.15, -0.1) is 5.54 Å². The molecule has 0 atom stereocenters. The molecule has 37 heavy (non-hydrogen) atoms. The maximum absolute atomic E-state index is 11.0. The second-order valence-corrected chi connectivity index (χ2v) is 28.0. The summed E-state index contributed by atoms with van der Waals surface area (Å²) in [7, 11) is -5.71. The zero-order valence-electron chi connectivity index (χ0n) is 25.3. The minimum Gasteiger partial charge on any atom is -0.412 e. The van der Waals surface area contributed by atoms with E-state index in [9.17, 15) is 10.1 Å². The summed E-state index contributed by atoms with van der Waals surface area (Å²) in [4.78, 5) is 10.6. The van der Waals surface area contributed by atoms with Crippen molar-refractivity contribution >= 4 is 30.4 Å². The molecule has 0 heterocycles. The first kappa shape index (κ1) is 33.1. The molecule has 0 unspecified atom stereocenters. The first-order valence-corrected chi connectivity index (χ1v) is 22.2. The average Bonchev–Trinajstić information content (AvgIpc) is 2.72. The Hall–Kier alpha value is -1.95. The van der Waals surface area contributed by atoms with Crippen LogP contribution in [0.2, 0.25) is 55.9 Å². The Morgan fingerprint density at radius 2 is 1.19 bits per heavy atom. The van der Waals surface area contributed by atoms with Gasteiger partial charge in [-0.1, -0.05) is 78.9 Å². The summed E-state index contributed by atoms with van der Waals surface area (Å²) in [6, 6.07) is 6.31. The second kappa shape index (κ2) is 12.3. The number of nitrogens with zero attached hydrogens (tertiary/aromatic N) is 1. The molecule has 1 aromatic carbocycles. The van der Waals surface area contributed by atoms with Crippen LogP contribution in [0.1, 0.15) is 47.1 Å². The Balaban J connectivity index is 3.63. The fraction of sp³-hybridized carbons (Fsp3) is 0.586. The van der Waals surface area contributed by atoms with Gasteiger partial charge < -0.3 is 8.85 Å². The van der Waals surface area contributed by atoms with Gasteiger partial charge in [0.1, 0.15) is 8.07 Å². The molecular weight excluding hydrogens is 511 g/mol. The summed E-state index contributed by atoms with van der Waals surface area (Å²) in [6.45, 7) is 29.7. The summed E-state index contributed by atoms with van der Waals surface area (Å²) in [5.41, 5.74) is 5.96. The lowest BCUT2D eigenvalue weighted by atomic mass is 10.1. The highest BCUT2D eigenvalue weighted by atomic mass is 28.4.